The summed E-state index contributed by atoms with van der Waals surface area (Å²) >= 11 is 0. The summed E-state index contributed by atoms with van der Waals surface area (Å²) < 4.78 is 50.3. The minimum Gasteiger partial charge on any atom is -0.350 e. The number of nitrogens with zero attached hydrogens (tertiary/aromatic N) is 4. The number of carbonyl (C=O) groups is 2. The van der Waals surface area contributed by atoms with E-state index in [1.165, 1.54) is 36.8 Å². The van der Waals surface area contributed by atoms with E-state index in [0.29, 0.717) is 16.9 Å². The molecule has 16 heteroatoms. The highest BCUT2D eigenvalue weighted by Crippen LogP contribution is 2.22. The van der Waals surface area contributed by atoms with Crippen molar-refractivity contribution >= 4 is 53.4 Å². The van der Waals surface area contributed by atoms with E-state index in [1.54, 1.807) is 110 Å². The summed E-state index contributed by atoms with van der Waals surface area (Å²) in [6, 6.07) is 29.5. The number of aromatic amines is 2. The number of aromatic nitrogens is 6. The van der Waals surface area contributed by atoms with Crippen LogP contribution in [-0.2, 0) is 32.8 Å². The van der Waals surface area contributed by atoms with Crippen molar-refractivity contribution in [3.8, 4) is 0 Å². The van der Waals surface area contributed by atoms with Crippen LogP contribution in [0.4, 0.5) is 0 Å². The van der Waals surface area contributed by atoms with Crippen molar-refractivity contribution in [2.24, 2.45) is 0 Å². The molecule has 0 saturated carbocycles. The third kappa shape index (κ3) is 8.36. The number of hydrogen-bond donors (Lipinski definition) is 4. The highest BCUT2D eigenvalue weighted by atomic mass is 32.2. The maximum Gasteiger partial charge on any atom is 0.267 e. The molecule has 0 saturated heterocycles. The molecule has 0 aliphatic carbocycles. The Hall–Kier alpha value is -7.04. The molecule has 14 nitrogen and oxygen atoms in total. The predicted octanol–water partition coefficient (Wildman–Crippen LogP) is 5.44. The lowest BCUT2D eigenvalue weighted by Gasteiger charge is -2.08. The molecule has 5 heterocycles. The number of H-pyrrole nitrogens is 2. The van der Waals surface area contributed by atoms with Crippen LogP contribution in [0.3, 0.4) is 0 Å². The van der Waals surface area contributed by atoms with E-state index < -0.39 is 19.7 Å². The van der Waals surface area contributed by atoms with Crippen LogP contribution in [-0.4, -0.2) is 58.8 Å². The first-order valence-electron chi connectivity index (χ1n) is 17.0. The molecule has 5 aromatic heterocycles. The first-order chi connectivity index (χ1) is 27.1. The minimum absolute atomic E-state index is 0.143. The van der Waals surface area contributed by atoms with Gasteiger partial charge in [-0.05, 0) is 77.9 Å². The van der Waals surface area contributed by atoms with Crippen molar-refractivity contribution in [2.45, 2.75) is 32.7 Å². The topological polar surface area (TPSA) is 210 Å². The van der Waals surface area contributed by atoms with Gasteiger partial charge in [-0.3, -0.25) is 24.7 Å². The molecule has 2 amide bonds. The summed E-state index contributed by atoms with van der Waals surface area (Å²) in [4.78, 5) is 40.5. The quantitative estimate of drug-likeness (QED) is 0.138. The highest BCUT2D eigenvalue weighted by Gasteiger charge is 2.19. The number of nitrogens with one attached hydrogen (secondary N) is 4. The van der Waals surface area contributed by atoms with Gasteiger partial charge in [0.15, 0.2) is 5.65 Å². The Balaban J connectivity index is 0.000000172. The number of hydrogen-bond acceptors (Lipinski definition) is 10. The zero-order chi connectivity index (χ0) is 39.1. The molecule has 0 radical (unpaired) electrons. The van der Waals surface area contributed by atoms with E-state index in [4.69, 9.17) is 0 Å². The van der Waals surface area contributed by atoms with E-state index in [9.17, 15) is 26.4 Å². The maximum absolute atomic E-state index is 12.6. The molecular formula is C40H32N8O6S2. The first-order valence-corrected chi connectivity index (χ1v) is 20.0. The van der Waals surface area contributed by atoms with Gasteiger partial charge < -0.3 is 15.6 Å². The van der Waals surface area contributed by atoms with Gasteiger partial charge in [-0.25, -0.2) is 21.8 Å². The largest absolute Gasteiger partial charge is 0.350 e. The monoisotopic (exact) mass is 784 g/mol. The summed E-state index contributed by atoms with van der Waals surface area (Å²) in [5.41, 5.74) is 3.90. The molecule has 0 bridgehead atoms. The molecule has 0 aliphatic rings. The van der Waals surface area contributed by atoms with E-state index in [2.05, 4.69) is 40.8 Å². The predicted molar refractivity (Wildman–Crippen MR) is 207 cm³/mol. The zero-order valence-corrected chi connectivity index (χ0v) is 31.0. The van der Waals surface area contributed by atoms with Crippen LogP contribution in [0.25, 0.3) is 21.9 Å². The number of rotatable bonds is 10. The van der Waals surface area contributed by atoms with E-state index in [-0.39, 0.29) is 44.5 Å². The van der Waals surface area contributed by atoms with Crippen molar-refractivity contribution in [3.63, 3.8) is 0 Å². The van der Waals surface area contributed by atoms with Gasteiger partial charge in [0.2, 0.25) is 19.7 Å². The SMILES string of the molecule is O=C(NCc1ccc(S(=O)(=O)c2ccccc2)cc1)c1cnc2[nH]ncc2c1.O=C(NCc1ccc(S(=O)(=O)c2cccnc2)cc1)c1cc2cnccc2[nH]1. The minimum atomic E-state index is -3.61. The van der Waals surface area contributed by atoms with Crippen molar-refractivity contribution in [3.05, 3.63) is 169 Å². The van der Waals surface area contributed by atoms with Gasteiger partial charge in [0, 0.05) is 60.4 Å². The molecule has 0 aliphatic heterocycles. The van der Waals surface area contributed by atoms with Crippen molar-refractivity contribution in [1.82, 2.24) is 40.8 Å². The second-order valence-electron chi connectivity index (χ2n) is 12.3. The summed E-state index contributed by atoms with van der Waals surface area (Å²) in [5.74, 6) is -0.514. The van der Waals surface area contributed by atoms with Gasteiger partial charge in [-0.1, -0.05) is 42.5 Å². The van der Waals surface area contributed by atoms with Crippen molar-refractivity contribution in [1.29, 1.82) is 0 Å². The normalized spacial score (nSPS) is 11.4. The van der Waals surface area contributed by atoms with Gasteiger partial charge >= 0.3 is 0 Å². The van der Waals surface area contributed by atoms with Crippen LogP contribution in [0.1, 0.15) is 32.0 Å². The fraction of sp³-hybridized carbons (Fsp3) is 0.0500. The van der Waals surface area contributed by atoms with Gasteiger partial charge in [0.1, 0.15) is 5.69 Å². The van der Waals surface area contributed by atoms with E-state index in [1.807, 2.05) is 0 Å². The van der Waals surface area contributed by atoms with Gasteiger partial charge in [0.05, 0.1) is 31.3 Å². The average Bonchev–Trinajstić information content (AvgIpc) is 3.91. The van der Waals surface area contributed by atoms with Crippen LogP contribution in [0, 0.1) is 0 Å². The lowest BCUT2D eigenvalue weighted by Crippen LogP contribution is -2.23. The standard InChI is InChI=1S/2C20H16N4O3S/c25-20(19-10-15-12-22-9-7-18(15)24-19)23-11-14-3-5-16(6-4-14)28(26,27)17-2-1-8-21-13-17;25-20(16-10-15-13-23-24-19(15)21-12-16)22-11-14-6-8-18(9-7-14)28(26,27)17-4-2-1-3-5-17/h1-10,12-13,24H,11H2,(H,23,25);1-10,12-13H,11H2,(H,22,25)(H,21,23,24). The number of fused-ring (bicyclic) bond motifs is 2. The number of pyridine rings is 3. The van der Waals surface area contributed by atoms with Crippen LogP contribution in [0.15, 0.2) is 166 Å². The van der Waals surface area contributed by atoms with Crippen LogP contribution < -0.4 is 10.6 Å². The second kappa shape index (κ2) is 16.1. The smallest absolute Gasteiger partial charge is 0.267 e. The summed E-state index contributed by atoms with van der Waals surface area (Å²) in [6.07, 6.45) is 9.26. The molecule has 8 rings (SSSR count). The van der Waals surface area contributed by atoms with Gasteiger partial charge in [0.25, 0.3) is 11.8 Å². The van der Waals surface area contributed by atoms with Crippen molar-refractivity contribution < 1.29 is 26.4 Å². The van der Waals surface area contributed by atoms with E-state index >= 15 is 0 Å². The molecule has 4 N–H and O–H groups in total. The molecule has 280 valence electrons. The molecule has 0 unspecified atom stereocenters. The summed E-state index contributed by atoms with van der Waals surface area (Å²) in [6.45, 7) is 0.549. The molecule has 3 aromatic carbocycles. The number of benzene rings is 3. The second-order valence-corrected chi connectivity index (χ2v) is 16.2. The molecule has 0 fully saturated rings. The zero-order valence-electron chi connectivity index (χ0n) is 29.3. The number of sulfone groups is 2. The number of carbonyl (C=O) groups excluding carboxylic acids is 2. The maximum atomic E-state index is 12.6. The Kier molecular flexibility index (Phi) is 10.7. The Morgan fingerprint density at radius 3 is 1.82 bits per heavy atom. The summed E-state index contributed by atoms with van der Waals surface area (Å²) in [5, 5.41) is 13.8. The number of amides is 2. The molecule has 8 aromatic rings. The van der Waals surface area contributed by atoms with Gasteiger partial charge in [-0.15, -0.1) is 0 Å². The fourth-order valence-corrected chi connectivity index (χ4v) is 8.07. The molecular weight excluding hydrogens is 753 g/mol. The first kappa shape index (κ1) is 37.3. The van der Waals surface area contributed by atoms with Crippen LogP contribution >= 0.6 is 0 Å². The van der Waals surface area contributed by atoms with Crippen LogP contribution in [0.5, 0.6) is 0 Å². The average molecular weight is 785 g/mol. The third-order valence-corrected chi connectivity index (χ3v) is 12.1. The van der Waals surface area contributed by atoms with Crippen LogP contribution in [0.2, 0.25) is 0 Å². The molecule has 0 atom stereocenters. The Morgan fingerprint density at radius 1 is 0.571 bits per heavy atom. The molecule has 0 spiro atoms. The van der Waals surface area contributed by atoms with E-state index in [0.717, 1.165) is 27.4 Å². The third-order valence-electron chi connectivity index (χ3n) is 8.59. The Labute approximate surface area is 320 Å². The lowest BCUT2D eigenvalue weighted by atomic mass is 10.2. The molecule has 56 heavy (non-hydrogen) atoms. The fourth-order valence-electron chi connectivity index (χ4n) is 5.57. The van der Waals surface area contributed by atoms with Gasteiger partial charge in [-0.2, -0.15) is 5.10 Å². The van der Waals surface area contributed by atoms with Crippen molar-refractivity contribution in [2.75, 3.05) is 0 Å². The summed E-state index contributed by atoms with van der Waals surface area (Å²) in [7, 11) is -7.16. The highest BCUT2D eigenvalue weighted by molar-refractivity contribution is 7.91. The Bertz CT molecular complexity index is 2700. The lowest BCUT2D eigenvalue weighted by molar-refractivity contribution is 0.0940. The Morgan fingerprint density at radius 2 is 1.18 bits per heavy atom.